The van der Waals surface area contributed by atoms with Gasteiger partial charge in [-0.25, -0.2) is 0 Å². The summed E-state index contributed by atoms with van der Waals surface area (Å²) >= 11 is 0. The van der Waals surface area contributed by atoms with E-state index < -0.39 is 0 Å². The van der Waals surface area contributed by atoms with Gasteiger partial charge in [0, 0.05) is 0 Å². The molecule has 0 fully saturated rings. The zero-order valence-electron chi connectivity index (χ0n) is 16.1. The van der Waals surface area contributed by atoms with E-state index in [1.165, 1.54) is 70.6 Å². The molecule has 0 aliphatic rings. The molecule has 0 amide bonds. The van der Waals surface area contributed by atoms with Crippen molar-refractivity contribution in [3.8, 4) is 0 Å². The summed E-state index contributed by atoms with van der Waals surface area (Å²) in [7, 11) is 0. The predicted molar refractivity (Wildman–Crippen MR) is 98.8 cm³/mol. The van der Waals surface area contributed by atoms with Crippen LogP contribution in [0, 0.1) is 23.7 Å². The fourth-order valence-corrected chi connectivity index (χ4v) is 3.17. The monoisotopic (exact) mass is 296 g/mol. The van der Waals surface area contributed by atoms with Gasteiger partial charge in [-0.2, -0.15) is 0 Å². The highest BCUT2D eigenvalue weighted by Crippen LogP contribution is 2.22. The molecule has 0 spiro atoms. The van der Waals surface area contributed by atoms with Crippen LogP contribution in [0.1, 0.15) is 112 Å². The maximum absolute atomic E-state index is 2.46. The van der Waals surface area contributed by atoms with E-state index in [0.717, 1.165) is 23.7 Å². The molecular weight excluding hydrogens is 252 g/mol. The lowest BCUT2D eigenvalue weighted by molar-refractivity contribution is 0.380. The molecule has 0 rings (SSSR count). The molecule has 0 aromatic heterocycles. The minimum atomic E-state index is 0.882. The molecule has 0 N–H and O–H groups in total. The first-order valence-electron chi connectivity index (χ1n) is 9.95. The van der Waals surface area contributed by atoms with Gasteiger partial charge >= 0.3 is 0 Å². The average Bonchev–Trinajstić information content (AvgIpc) is 2.42. The highest BCUT2D eigenvalue weighted by atomic mass is 14.1. The van der Waals surface area contributed by atoms with Crippen LogP contribution in [0.25, 0.3) is 0 Å². The minimum absolute atomic E-state index is 0.882. The third-order valence-corrected chi connectivity index (χ3v) is 5.21. The molecule has 0 saturated carbocycles. The van der Waals surface area contributed by atoms with Crippen LogP contribution in [-0.2, 0) is 0 Å². The molecule has 21 heavy (non-hydrogen) atoms. The number of unbranched alkanes of at least 4 members (excludes halogenated alkanes) is 1. The SMILES string of the molecule is CCC(C)CCCCC(C)CCCC(C)CCCC(C)C. The van der Waals surface area contributed by atoms with Gasteiger partial charge in [0.25, 0.3) is 0 Å². The number of hydrogen-bond donors (Lipinski definition) is 0. The van der Waals surface area contributed by atoms with E-state index >= 15 is 0 Å². The van der Waals surface area contributed by atoms with Crippen LogP contribution in [-0.4, -0.2) is 0 Å². The van der Waals surface area contributed by atoms with Crippen molar-refractivity contribution in [2.75, 3.05) is 0 Å². The van der Waals surface area contributed by atoms with Gasteiger partial charge in [-0.15, -0.1) is 0 Å². The van der Waals surface area contributed by atoms with Gasteiger partial charge < -0.3 is 0 Å². The summed E-state index contributed by atoms with van der Waals surface area (Å²) in [5.74, 6) is 3.71. The van der Waals surface area contributed by atoms with Gasteiger partial charge in [0.05, 0.1) is 0 Å². The fourth-order valence-electron chi connectivity index (χ4n) is 3.17. The minimum Gasteiger partial charge on any atom is -0.0651 e. The van der Waals surface area contributed by atoms with Gasteiger partial charge in [0.1, 0.15) is 0 Å². The van der Waals surface area contributed by atoms with E-state index in [1.54, 1.807) is 0 Å². The molecular formula is C21H44. The lowest BCUT2D eigenvalue weighted by Crippen LogP contribution is -2.00. The van der Waals surface area contributed by atoms with Crippen LogP contribution in [0.15, 0.2) is 0 Å². The standard InChI is InChI=1S/C21H44/c1-7-19(4)13-8-9-14-20(5)16-11-17-21(6)15-10-12-18(2)3/h18-21H,7-17H2,1-6H3. The van der Waals surface area contributed by atoms with Crippen molar-refractivity contribution in [2.45, 2.75) is 112 Å². The first-order valence-corrected chi connectivity index (χ1v) is 9.95. The average molecular weight is 297 g/mol. The zero-order chi connectivity index (χ0) is 16.1. The number of rotatable bonds is 14. The summed E-state index contributed by atoms with van der Waals surface area (Å²) in [5.41, 5.74) is 0. The second kappa shape index (κ2) is 13.6. The van der Waals surface area contributed by atoms with Gasteiger partial charge in [0.2, 0.25) is 0 Å². The smallest absolute Gasteiger partial charge is 0.0443 e. The summed E-state index contributed by atoms with van der Waals surface area (Å²) in [4.78, 5) is 0. The van der Waals surface area contributed by atoms with Crippen molar-refractivity contribution in [3.05, 3.63) is 0 Å². The van der Waals surface area contributed by atoms with Crippen molar-refractivity contribution >= 4 is 0 Å². The van der Waals surface area contributed by atoms with Crippen molar-refractivity contribution in [2.24, 2.45) is 23.7 Å². The third kappa shape index (κ3) is 14.7. The van der Waals surface area contributed by atoms with Crippen LogP contribution in [0.2, 0.25) is 0 Å². The topological polar surface area (TPSA) is 0 Å². The third-order valence-electron chi connectivity index (χ3n) is 5.21. The van der Waals surface area contributed by atoms with Gasteiger partial charge in [0.15, 0.2) is 0 Å². The van der Waals surface area contributed by atoms with Crippen molar-refractivity contribution in [1.29, 1.82) is 0 Å². The molecule has 0 aliphatic carbocycles. The van der Waals surface area contributed by atoms with Crippen LogP contribution < -0.4 is 0 Å². The molecule has 0 heterocycles. The Bertz CT molecular complexity index is 206. The van der Waals surface area contributed by atoms with Gasteiger partial charge in [-0.05, 0) is 23.7 Å². The summed E-state index contributed by atoms with van der Waals surface area (Å²) in [6.45, 7) is 14.3. The normalized spacial score (nSPS) is 16.1. The van der Waals surface area contributed by atoms with E-state index in [1.807, 2.05) is 0 Å². The molecule has 0 aromatic rings. The van der Waals surface area contributed by atoms with E-state index in [4.69, 9.17) is 0 Å². The Balaban J connectivity index is 3.41. The highest BCUT2D eigenvalue weighted by molar-refractivity contribution is 4.60. The maximum Gasteiger partial charge on any atom is -0.0443 e. The van der Waals surface area contributed by atoms with E-state index in [0.29, 0.717) is 0 Å². The second-order valence-corrected chi connectivity index (χ2v) is 8.26. The van der Waals surface area contributed by atoms with E-state index in [2.05, 4.69) is 41.5 Å². The molecule has 0 aliphatic heterocycles. The molecule has 128 valence electrons. The first-order chi connectivity index (χ1) is 9.95. The van der Waals surface area contributed by atoms with Crippen LogP contribution in [0.5, 0.6) is 0 Å². The van der Waals surface area contributed by atoms with Gasteiger partial charge in [-0.3, -0.25) is 0 Å². The summed E-state index contributed by atoms with van der Waals surface area (Å²) in [5, 5.41) is 0. The Morgan fingerprint density at radius 1 is 0.476 bits per heavy atom. The molecule has 0 saturated heterocycles. The summed E-state index contributed by atoms with van der Waals surface area (Å²) in [6.07, 6.45) is 15.8. The molecule has 0 radical (unpaired) electrons. The van der Waals surface area contributed by atoms with Crippen molar-refractivity contribution in [1.82, 2.24) is 0 Å². The maximum atomic E-state index is 2.46. The Morgan fingerprint density at radius 3 is 1.29 bits per heavy atom. The van der Waals surface area contributed by atoms with E-state index in [9.17, 15) is 0 Å². The lowest BCUT2D eigenvalue weighted by Gasteiger charge is -2.15. The van der Waals surface area contributed by atoms with Crippen molar-refractivity contribution in [3.63, 3.8) is 0 Å². The summed E-state index contributed by atoms with van der Waals surface area (Å²) in [6, 6.07) is 0. The zero-order valence-corrected chi connectivity index (χ0v) is 16.1. The molecule has 0 bridgehead atoms. The quantitative estimate of drug-likeness (QED) is 0.286. The molecule has 0 nitrogen and oxygen atoms in total. The Kier molecular flexibility index (Phi) is 13.6. The first kappa shape index (κ1) is 21.0. The van der Waals surface area contributed by atoms with E-state index in [-0.39, 0.29) is 0 Å². The van der Waals surface area contributed by atoms with Crippen LogP contribution in [0.3, 0.4) is 0 Å². The Hall–Kier alpha value is 0. The molecule has 0 heteroatoms. The summed E-state index contributed by atoms with van der Waals surface area (Å²) < 4.78 is 0. The Morgan fingerprint density at radius 2 is 0.857 bits per heavy atom. The highest BCUT2D eigenvalue weighted by Gasteiger charge is 2.07. The van der Waals surface area contributed by atoms with Crippen LogP contribution in [0.4, 0.5) is 0 Å². The fraction of sp³-hybridized carbons (Fsp3) is 1.00. The van der Waals surface area contributed by atoms with Crippen LogP contribution >= 0.6 is 0 Å². The molecule has 3 atom stereocenters. The largest absolute Gasteiger partial charge is 0.0651 e. The molecule has 3 unspecified atom stereocenters. The predicted octanol–water partition coefficient (Wildman–Crippen LogP) is 7.86. The second-order valence-electron chi connectivity index (χ2n) is 8.26. The number of hydrogen-bond acceptors (Lipinski definition) is 0. The molecule has 0 aromatic carbocycles. The lowest BCUT2D eigenvalue weighted by atomic mass is 9.91. The van der Waals surface area contributed by atoms with Gasteiger partial charge in [-0.1, -0.05) is 112 Å². The van der Waals surface area contributed by atoms with Crippen molar-refractivity contribution < 1.29 is 0 Å². The Labute approximate surface area is 136 Å².